The minimum atomic E-state index is -4.44. The van der Waals surface area contributed by atoms with E-state index in [2.05, 4.69) is 9.40 Å². The van der Waals surface area contributed by atoms with E-state index in [-0.39, 0.29) is 0 Å². The fourth-order valence-corrected chi connectivity index (χ4v) is 0.779. The van der Waals surface area contributed by atoms with E-state index in [1.807, 2.05) is 0 Å². The average molecular weight is 194 g/mol. The van der Waals surface area contributed by atoms with Gasteiger partial charge in [-0.1, -0.05) is 0 Å². The summed E-state index contributed by atoms with van der Waals surface area (Å²) in [6.07, 6.45) is -5.03. The lowest BCUT2D eigenvalue weighted by Gasteiger charge is -2.02. The fourth-order valence-electron chi connectivity index (χ4n) is 0.779. The van der Waals surface area contributed by atoms with Crippen LogP contribution in [0.4, 0.5) is 13.2 Å². The molecule has 0 saturated heterocycles. The van der Waals surface area contributed by atoms with Gasteiger partial charge < -0.3 is 10.2 Å². The summed E-state index contributed by atoms with van der Waals surface area (Å²) < 4.78 is 39.8. The highest BCUT2D eigenvalue weighted by Crippen LogP contribution is 2.22. The highest BCUT2D eigenvalue weighted by atomic mass is 19.4. The lowest BCUT2D eigenvalue weighted by atomic mass is 10.2. The van der Waals surface area contributed by atoms with Crippen molar-refractivity contribution in [2.45, 2.75) is 12.6 Å². The Bertz CT molecular complexity index is 318. The molecule has 1 aromatic rings. The van der Waals surface area contributed by atoms with Gasteiger partial charge in [-0.2, -0.15) is 13.2 Å². The van der Waals surface area contributed by atoms with Crippen LogP contribution < -0.4 is 5.73 Å². The zero-order valence-corrected chi connectivity index (χ0v) is 6.26. The molecule has 0 aliphatic carbocycles. The van der Waals surface area contributed by atoms with Crippen LogP contribution in [0.15, 0.2) is 10.8 Å². The largest absolute Gasteiger partial charge is 0.447 e. The zero-order valence-electron chi connectivity index (χ0n) is 6.26. The number of amides is 1. The number of carbonyl (C=O) groups is 1. The van der Waals surface area contributed by atoms with Crippen molar-refractivity contribution in [1.82, 2.24) is 4.98 Å². The first-order chi connectivity index (χ1) is 5.90. The molecule has 0 unspecified atom stereocenters. The number of alkyl halides is 3. The molecule has 0 fully saturated rings. The quantitative estimate of drug-likeness (QED) is 0.759. The molecule has 1 aromatic heterocycles. The average Bonchev–Trinajstić information content (AvgIpc) is 2.31. The Morgan fingerprint density at radius 3 is 2.69 bits per heavy atom. The summed E-state index contributed by atoms with van der Waals surface area (Å²) in [4.78, 5) is 13.8. The van der Waals surface area contributed by atoms with Crippen LogP contribution in [0.25, 0.3) is 0 Å². The van der Waals surface area contributed by atoms with Crippen LogP contribution in [0, 0.1) is 0 Å². The molecule has 13 heavy (non-hydrogen) atoms. The van der Waals surface area contributed by atoms with Crippen molar-refractivity contribution in [2.75, 3.05) is 0 Å². The molecule has 0 aliphatic rings. The molecule has 1 amide bonds. The van der Waals surface area contributed by atoms with Gasteiger partial charge in [0, 0.05) is 0 Å². The summed E-state index contributed by atoms with van der Waals surface area (Å²) >= 11 is 0. The summed E-state index contributed by atoms with van der Waals surface area (Å²) in [6.45, 7) is 0. The topological polar surface area (TPSA) is 69.1 Å². The number of primary amides is 1. The molecule has 72 valence electrons. The molecule has 4 nitrogen and oxygen atoms in total. The van der Waals surface area contributed by atoms with E-state index < -0.39 is 30.0 Å². The van der Waals surface area contributed by atoms with Crippen LogP contribution in [0.5, 0.6) is 0 Å². The van der Waals surface area contributed by atoms with Gasteiger partial charge in [0.05, 0.1) is 0 Å². The van der Waals surface area contributed by atoms with Gasteiger partial charge in [0.25, 0.3) is 5.91 Å². The summed E-state index contributed by atoms with van der Waals surface area (Å²) in [7, 11) is 0. The molecule has 0 saturated carbocycles. The number of halogens is 3. The third-order valence-electron chi connectivity index (χ3n) is 1.24. The number of nitrogens with two attached hydrogens (primary N) is 1. The Hall–Kier alpha value is -1.53. The van der Waals surface area contributed by atoms with Gasteiger partial charge in [0.2, 0.25) is 0 Å². The van der Waals surface area contributed by atoms with Crippen LogP contribution >= 0.6 is 0 Å². The van der Waals surface area contributed by atoms with Crippen molar-refractivity contribution in [3.63, 3.8) is 0 Å². The Morgan fingerprint density at radius 2 is 2.23 bits per heavy atom. The Labute approximate surface area is 70.5 Å². The maximum atomic E-state index is 11.8. The second-order valence-corrected chi connectivity index (χ2v) is 2.28. The standard InChI is InChI=1S/C6H5F3N2O2/c7-6(8,9)1-3-4(5(10)12)11-2-13-3/h2H,1H2,(H2,10,12). The van der Waals surface area contributed by atoms with E-state index in [0.29, 0.717) is 0 Å². The Kier molecular flexibility index (Phi) is 2.26. The SMILES string of the molecule is NC(=O)c1ncoc1CC(F)(F)F. The lowest BCUT2D eigenvalue weighted by molar-refractivity contribution is -0.130. The molecule has 0 atom stereocenters. The number of carbonyl (C=O) groups excluding carboxylic acids is 1. The van der Waals surface area contributed by atoms with Crippen molar-refractivity contribution in [3.05, 3.63) is 17.8 Å². The van der Waals surface area contributed by atoms with E-state index in [1.165, 1.54) is 0 Å². The number of oxazole rings is 1. The number of aromatic nitrogens is 1. The zero-order chi connectivity index (χ0) is 10.1. The van der Waals surface area contributed by atoms with Crippen molar-refractivity contribution in [2.24, 2.45) is 5.73 Å². The van der Waals surface area contributed by atoms with Gasteiger partial charge >= 0.3 is 6.18 Å². The monoisotopic (exact) mass is 194 g/mol. The van der Waals surface area contributed by atoms with Crippen LogP contribution in [0.2, 0.25) is 0 Å². The van der Waals surface area contributed by atoms with Gasteiger partial charge in [-0.25, -0.2) is 4.98 Å². The minimum Gasteiger partial charge on any atom is -0.447 e. The summed E-state index contributed by atoms with van der Waals surface area (Å²) in [5, 5.41) is 0. The lowest BCUT2D eigenvalue weighted by Crippen LogP contribution is -2.18. The van der Waals surface area contributed by atoms with Gasteiger partial charge in [-0.15, -0.1) is 0 Å². The van der Waals surface area contributed by atoms with Crippen molar-refractivity contribution in [1.29, 1.82) is 0 Å². The predicted octanol–water partition coefficient (Wildman–Crippen LogP) is 0.878. The number of nitrogens with zero attached hydrogens (tertiary/aromatic N) is 1. The highest BCUT2D eigenvalue weighted by molar-refractivity contribution is 5.91. The summed E-state index contributed by atoms with van der Waals surface area (Å²) in [5.41, 5.74) is 4.27. The normalized spacial score (nSPS) is 11.6. The van der Waals surface area contributed by atoms with Gasteiger partial charge in [0.1, 0.15) is 12.2 Å². The molecule has 1 rings (SSSR count). The van der Waals surface area contributed by atoms with E-state index in [4.69, 9.17) is 5.73 Å². The summed E-state index contributed by atoms with van der Waals surface area (Å²) in [6, 6.07) is 0. The molecule has 0 bridgehead atoms. The molecule has 2 N–H and O–H groups in total. The van der Waals surface area contributed by atoms with E-state index in [1.54, 1.807) is 0 Å². The number of hydrogen-bond acceptors (Lipinski definition) is 3. The minimum absolute atomic E-state index is 0.475. The second-order valence-electron chi connectivity index (χ2n) is 2.28. The third-order valence-corrected chi connectivity index (χ3v) is 1.24. The first-order valence-corrected chi connectivity index (χ1v) is 3.19. The van der Waals surface area contributed by atoms with Gasteiger partial charge in [-0.05, 0) is 0 Å². The Morgan fingerprint density at radius 1 is 1.62 bits per heavy atom. The number of hydrogen-bond donors (Lipinski definition) is 1. The molecule has 0 spiro atoms. The van der Waals surface area contributed by atoms with E-state index >= 15 is 0 Å². The van der Waals surface area contributed by atoms with E-state index in [0.717, 1.165) is 6.39 Å². The molecule has 0 aromatic carbocycles. The van der Waals surface area contributed by atoms with Crippen LogP contribution in [-0.4, -0.2) is 17.1 Å². The van der Waals surface area contributed by atoms with Crippen molar-refractivity contribution in [3.8, 4) is 0 Å². The molecular formula is C6H5F3N2O2. The molecule has 0 radical (unpaired) electrons. The second kappa shape index (κ2) is 3.08. The van der Waals surface area contributed by atoms with Crippen molar-refractivity contribution >= 4 is 5.91 Å². The van der Waals surface area contributed by atoms with Crippen LogP contribution in [0.1, 0.15) is 16.2 Å². The first-order valence-electron chi connectivity index (χ1n) is 3.19. The third kappa shape index (κ3) is 2.46. The maximum Gasteiger partial charge on any atom is 0.396 e. The van der Waals surface area contributed by atoms with Crippen LogP contribution in [-0.2, 0) is 6.42 Å². The molecule has 0 aliphatic heterocycles. The maximum absolute atomic E-state index is 11.8. The predicted molar refractivity (Wildman–Crippen MR) is 34.8 cm³/mol. The molecule has 1 heterocycles. The highest BCUT2D eigenvalue weighted by Gasteiger charge is 2.32. The summed E-state index contributed by atoms with van der Waals surface area (Å²) in [5.74, 6) is -1.59. The Balaban J connectivity index is 2.89. The fraction of sp³-hybridized carbons (Fsp3) is 0.333. The van der Waals surface area contributed by atoms with Crippen LogP contribution in [0.3, 0.4) is 0 Å². The molecular weight excluding hydrogens is 189 g/mol. The first kappa shape index (κ1) is 9.56. The number of rotatable bonds is 2. The van der Waals surface area contributed by atoms with Gasteiger partial charge in [0.15, 0.2) is 12.1 Å². The van der Waals surface area contributed by atoms with Gasteiger partial charge in [-0.3, -0.25) is 4.79 Å². The molecule has 7 heteroatoms. The smallest absolute Gasteiger partial charge is 0.396 e. The van der Waals surface area contributed by atoms with E-state index in [9.17, 15) is 18.0 Å². The van der Waals surface area contributed by atoms with Crippen molar-refractivity contribution < 1.29 is 22.4 Å².